The molecule has 1 fully saturated rings. The molecule has 3 rings (SSSR count). The summed E-state index contributed by atoms with van der Waals surface area (Å²) in [7, 11) is 2.99. The van der Waals surface area contributed by atoms with E-state index in [0.29, 0.717) is 11.2 Å². The first-order valence-electron chi connectivity index (χ1n) is 7.73. The van der Waals surface area contributed by atoms with Gasteiger partial charge in [0.05, 0.1) is 12.8 Å². The molecule has 0 bridgehead atoms. The van der Waals surface area contributed by atoms with Crippen LogP contribution in [0, 0.1) is 0 Å². The Morgan fingerprint density at radius 3 is 2.76 bits per heavy atom. The van der Waals surface area contributed by atoms with Crippen molar-refractivity contribution in [3.63, 3.8) is 0 Å². The number of imidazole rings is 1. The molecule has 2 aromatic heterocycles. The summed E-state index contributed by atoms with van der Waals surface area (Å²) < 4.78 is 19.6. The van der Waals surface area contributed by atoms with Crippen molar-refractivity contribution in [1.29, 1.82) is 0 Å². The van der Waals surface area contributed by atoms with E-state index in [4.69, 9.17) is 19.9 Å². The van der Waals surface area contributed by atoms with E-state index in [0.717, 1.165) is 0 Å². The Labute approximate surface area is 143 Å². The zero-order valence-electron chi connectivity index (χ0n) is 14.0. The zero-order valence-corrected chi connectivity index (χ0v) is 14.0. The highest BCUT2D eigenvalue weighted by molar-refractivity contribution is 5.72. The molecule has 3 heterocycles. The van der Waals surface area contributed by atoms with Crippen LogP contribution < -0.4 is 11.4 Å². The first-order valence-corrected chi connectivity index (χ1v) is 7.73. The number of ether oxygens (including phenoxy) is 3. The van der Waals surface area contributed by atoms with Gasteiger partial charge in [0.25, 0.3) is 0 Å². The Morgan fingerprint density at radius 1 is 1.44 bits per heavy atom. The third kappa shape index (κ3) is 2.72. The summed E-state index contributed by atoms with van der Waals surface area (Å²) in [6.07, 6.45) is 0.459. The summed E-state index contributed by atoms with van der Waals surface area (Å²) in [5.41, 5.74) is 6.15. The van der Waals surface area contributed by atoms with Gasteiger partial charge in [-0.3, -0.25) is 4.57 Å². The molecule has 10 heteroatoms. The lowest BCUT2D eigenvalue weighted by Crippen LogP contribution is -2.38. The van der Waals surface area contributed by atoms with Crippen molar-refractivity contribution < 1.29 is 19.3 Å². The smallest absolute Gasteiger partial charge is 0.332 e. The number of nitrogen functional groups attached to an aromatic ring is 1. The Balaban J connectivity index is 2.21. The van der Waals surface area contributed by atoms with E-state index in [1.54, 1.807) is 6.08 Å². The van der Waals surface area contributed by atoms with Crippen molar-refractivity contribution in [2.75, 3.05) is 26.6 Å². The second-order valence-electron chi connectivity index (χ2n) is 5.64. The van der Waals surface area contributed by atoms with Crippen LogP contribution in [0.5, 0.6) is 0 Å². The minimum absolute atomic E-state index is 0.0333. The molecule has 3 N–H and O–H groups in total. The molecule has 0 aromatic carbocycles. The molecule has 0 aliphatic carbocycles. The number of anilines is 1. The zero-order chi connectivity index (χ0) is 18.1. The molecule has 0 radical (unpaired) electrons. The van der Waals surface area contributed by atoms with Crippen molar-refractivity contribution in [1.82, 2.24) is 19.1 Å². The number of hydrogen-bond donors (Lipinski definition) is 2. The number of allylic oxidation sites excluding steroid dienone is 1. The summed E-state index contributed by atoms with van der Waals surface area (Å²) >= 11 is 0. The van der Waals surface area contributed by atoms with Crippen molar-refractivity contribution in [3.05, 3.63) is 29.3 Å². The monoisotopic (exact) mass is 351 g/mol. The topological polar surface area (TPSA) is 127 Å². The fourth-order valence-electron chi connectivity index (χ4n) is 3.20. The number of aliphatic hydroxyl groups excluding tert-OH is 1. The quantitative estimate of drug-likeness (QED) is 0.653. The second-order valence-corrected chi connectivity index (χ2v) is 5.64. The second kappa shape index (κ2) is 6.92. The minimum Gasteiger partial charge on any atom is -0.394 e. The minimum atomic E-state index is -0.831. The predicted octanol–water partition coefficient (Wildman–Crippen LogP) is -0.719. The molecule has 10 nitrogen and oxygen atoms in total. The summed E-state index contributed by atoms with van der Waals surface area (Å²) in [6, 6.07) is 0. The van der Waals surface area contributed by atoms with Gasteiger partial charge >= 0.3 is 5.69 Å². The van der Waals surface area contributed by atoms with Crippen molar-refractivity contribution in [2.45, 2.75) is 31.1 Å². The first-order chi connectivity index (χ1) is 12.1. The van der Waals surface area contributed by atoms with Gasteiger partial charge in [0.1, 0.15) is 23.8 Å². The SMILES string of the molecule is C=CCn1c(=O)n([C@@H]2O[C@H](CO)[C@@H](OC)[C@H]2OC)c2nc(N)ncc21. The van der Waals surface area contributed by atoms with Crippen LogP contribution in [0.15, 0.2) is 23.6 Å². The molecule has 0 saturated carbocycles. The summed E-state index contributed by atoms with van der Waals surface area (Å²) in [6.45, 7) is 3.67. The van der Waals surface area contributed by atoms with Gasteiger partial charge in [0, 0.05) is 20.8 Å². The number of hydrogen-bond acceptors (Lipinski definition) is 8. The van der Waals surface area contributed by atoms with Gasteiger partial charge in [-0.25, -0.2) is 14.3 Å². The van der Waals surface area contributed by atoms with Crippen molar-refractivity contribution >= 4 is 17.1 Å². The van der Waals surface area contributed by atoms with Gasteiger partial charge in [-0.15, -0.1) is 6.58 Å². The molecule has 2 aromatic rings. The molecule has 0 spiro atoms. The van der Waals surface area contributed by atoms with Crippen LogP contribution in [0.2, 0.25) is 0 Å². The Morgan fingerprint density at radius 2 is 2.16 bits per heavy atom. The van der Waals surface area contributed by atoms with E-state index >= 15 is 0 Å². The van der Waals surface area contributed by atoms with Crippen LogP contribution in [0.1, 0.15) is 6.23 Å². The lowest BCUT2D eigenvalue weighted by Gasteiger charge is -2.21. The Kier molecular flexibility index (Phi) is 4.86. The molecule has 136 valence electrons. The fraction of sp³-hybridized carbons (Fsp3) is 0.533. The standard InChI is InChI=1S/C15H21N5O5/c1-4-5-19-8-6-17-14(16)18-12(8)20(15(19)22)13-11(24-3)10(23-2)9(7-21)25-13/h4,6,9-11,13,21H,1,5,7H2,2-3H3,(H2,16,17,18)/t9-,10-,11-,13-/m1/s1. The van der Waals surface area contributed by atoms with E-state index in [-0.39, 0.29) is 24.8 Å². The Bertz CT molecular complexity index is 832. The number of nitrogens with two attached hydrogens (primary N) is 1. The van der Waals surface area contributed by atoms with Crippen LogP contribution in [0.3, 0.4) is 0 Å². The van der Waals surface area contributed by atoms with E-state index in [9.17, 15) is 9.90 Å². The van der Waals surface area contributed by atoms with E-state index in [2.05, 4.69) is 16.5 Å². The molecule has 1 saturated heterocycles. The highest BCUT2D eigenvalue weighted by Crippen LogP contribution is 2.33. The lowest BCUT2D eigenvalue weighted by atomic mass is 10.1. The molecule has 25 heavy (non-hydrogen) atoms. The molecule has 1 aliphatic heterocycles. The molecule has 4 atom stereocenters. The van der Waals surface area contributed by atoms with Crippen LogP contribution in [-0.2, 0) is 20.8 Å². The number of aromatic nitrogens is 4. The summed E-state index contributed by atoms with van der Waals surface area (Å²) in [4.78, 5) is 21.1. The largest absolute Gasteiger partial charge is 0.394 e. The predicted molar refractivity (Wildman–Crippen MR) is 89.0 cm³/mol. The molecule has 0 unspecified atom stereocenters. The number of methoxy groups -OCH3 is 2. The third-order valence-corrected chi connectivity index (χ3v) is 4.30. The van der Waals surface area contributed by atoms with E-state index in [1.165, 1.54) is 29.6 Å². The van der Waals surface area contributed by atoms with E-state index < -0.39 is 24.5 Å². The van der Waals surface area contributed by atoms with Gasteiger partial charge in [-0.05, 0) is 0 Å². The van der Waals surface area contributed by atoms with Gasteiger partial charge in [0.15, 0.2) is 11.9 Å². The van der Waals surface area contributed by atoms with Gasteiger partial charge in [-0.2, -0.15) is 4.98 Å². The van der Waals surface area contributed by atoms with Crippen LogP contribution >= 0.6 is 0 Å². The summed E-state index contributed by atoms with van der Waals surface area (Å²) in [5, 5.41) is 9.55. The fourth-order valence-corrected chi connectivity index (χ4v) is 3.20. The van der Waals surface area contributed by atoms with Crippen molar-refractivity contribution in [3.8, 4) is 0 Å². The number of rotatable bonds is 6. The van der Waals surface area contributed by atoms with Crippen LogP contribution in [-0.4, -0.2) is 63.3 Å². The third-order valence-electron chi connectivity index (χ3n) is 4.30. The van der Waals surface area contributed by atoms with E-state index in [1.807, 2.05) is 0 Å². The van der Waals surface area contributed by atoms with Crippen LogP contribution in [0.25, 0.3) is 11.2 Å². The number of fused-ring (bicyclic) bond motifs is 1. The maximum atomic E-state index is 13.0. The number of nitrogens with zero attached hydrogens (tertiary/aromatic N) is 4. The maximum Gasteiger partial charge on any atom is 0.332 e. The highest BCUT2D eigenvalue weighted by Gasteiger charge is 2.47. The Hall–Kier alpha value is -2.27. The maximum absolute atomic E-state index is 13.0. The van der Waals surface area contributed by atoms with Crippen LogP contribution in [0.4, 0.5) is 5.95 Å². The summed E-state index contributed by atoms with van der Waals surface area (Å²) in [5.74, 6) is 0.0333. The lowest BCUT2D eigenvalue weighted by molar-refractivity contribution is -0.0601. The van der Waals surface area contributed by atoms with Gasteiger partial charge in [-0.1, -0.05) is 6.08 Å². The number of aliphatic hydroxyl groups is 1. The van der Waals surface area contributed by atoms with Crippen molar-refractivity contribution in [2.24, 2.45) is 0 Å². The molecular formula is C15H21N5O5. The van der Waals surface area contributed by atoms with Gasteiger partial charge in [0.2, 0.25) is 5.95 Å². The molecule has 0 amide bonds. The normalized spacial score (nSPS) is 26.4. The first kappa shape index (κ1) is 17.5. The highest BCUT2D eigenvalue weighted by atomic mass is 16.6. The van der Waals surface area contributed by atoms with Gasteiger partial charge < -0.3 is 25.1 Å². The average Bonchev–Trinajstić information content (AvgIpc) is 3.09. The molecule has 1 aliphatic rings. The average molecular weight is 351 g/mol. The molecular weight excluding hydrogens is 330 g/mol.